The molecule has 0 N–H and O–H groups in total. The quantitative estimate of drug-likeness (QED) is 0.275. The summed E-state index contributed by atoms with van der Waals surface area (Å²) >= 11 is 0. The Morgan fingerprint density at radius 1 is 0.765 bits per heavy atom. The predicted molar refractivity (Wildman–Crippen MR) is 140 cm³/mol. The highest BCUT2D eigenvalue weighted by Crippen LogP contribution is 2.40. The van der Waals surface area contributed by atoms with Crippen LogP contribution in [0, 0.1) is 34.6 Å². The Kier molecular flexibility index (Phi) is 4.54. The summed E-state index contributed by atoms with van der Waals surface area (Å²) in [7, 11) is 2.20. The van der Waals surface area contributed by atoms with E-state index in [-0.39, 0.29) is 0 Å². The van der Waals surface area contributed by atoms with Gasteiger partial charge in [-0.05, 0) is 86.7 Å². The fourth-order valence-corrected chi connectivity index (χ4v) is 5.89. The largest absolute Gasteiger partial charge is 0.295 e. The first-order chi connectivity index (χ1) is 16.3. The first kappa shape index (κ1) is 20.9. The minimum absolute atomic E-state index is 0.892. The summed E-state index contributed by atoms with van der Waals surface area (Å²) in [6.45, 7) is 10.9. The number of imidazole rings is 1. The smallest absolute Gasteiger partial charge is 0.257 e. The van der Waals surface area contributed by atoms with Crippen LogP contribution in [-0.4, -0.2) is 9.55 Å². The maximum atomic E-state index is 4.85. The molecular formula is C31H30N3+. The van der Waals surface area contributed by atoms with Crippen LogP contribution in [0.5, 0.6) is 0 Å². The molecule has 1 aliphatic rings. The molecule has 6 rings (SSSR count). The van der Waals surface area contributed by atoms with Crippen molar-refractivity contribution < 1.29 is 4.57 Å². The zero-order chi connectivity index (χ0) is 23.7. The van der Waals surface area contributed by atoms with Gasteiger partial charge in [-0.2, -0.15) is 4.57 Å². The zero-order valence-corrected chi connectivity index (χ0v) is 20.8. The SMILES string of the molecule is Cc1cc(C)c(-n2c(-c3ccccc3C)[n+](C)c3cc4c(cc32)Cc2nc(C)ccc2-4)c(C)c1. The minimum Gasteiger partial charge on any atom is -0.257 e. The van der Waals surface area contributed by atoms with Crippen molar-refractivity contribution >= 4 is 11.0 Å². The van der Waals surface area contributed by atoms with Gasteiger partial charge < -0.3 is 0 Å². The van der Waals surface area contributed by atoms with Crippen molar-refractivity contribution in [1.82, 2.24) is 9.55 Å². The molecule has 0 spiro atoms. The van der Waals surface area contributed by atoms with Crippen LogP contribution in [0.4, 0.5) is 0 Å². The second kappa shape index (κ2) is 7.39. The highest BCUT2D eigenvalue weighted by molar-refractivity contribution is 5.89. The highest BCUT2D eigenvalue weighted by atomic mass is 15.2. The molecule has 5 aromatic rings. The van der Waals surface area contributed by atoms with Crippen LogP contribution < -0.4 is 4.57 Å². The Balaban J connectivity index is 1.74. The Morgan fingerprint density at radius 2 is 1.50 bits per heavy atom. The van der Waals surface area contributed by atoms with Gasteiger partial charge in [0.25, 0.3) is 5.82 Å². The van der Waals surface area contributed by atoms with Crippen molar-refractivity contribution in [2.24, 2.45) is 7.05 Å². The molecule has 0 amide bonds. The molecule has 0 bridgehead atoms. The van der Waals surface area contributed by atoms with Crippen LogP contribution >= 0.6 is 0 Å². The van der Waals surface area contributed by atoms with Crippen molar-refractivity contribution in [3.8, 4) is 28.2 Å². The number of benzene rings is 3. The third-order valence-electron chi connectivity index (χ3n) is 7.34. The van der Waals surface area contributed by atoms with Crippen molar-refractivity contribution in [3.63, 3.8) is 0 Å². The summed E-state index contributed by atoms with van der Waals surface area (Å²) in [5, 5.41) is 0. The zero-order valence-electron chi connectivity index (χ0n) is 20.8. The first-order valence-corrected chi connectivity index (χ1v) is 12.0. The van der Waals surface area contributed by atoms with Gasteiger partial charge in [0.15, 0.2) is 11.0 Å². The van der Waals surface area contributed by atoms with Gasteiger partial charge in [-0.1, -0.05) is 42.0 Å². The molecule has 0 saturated carbocycles. The van der Waals surface area contributed by atoms with E-state index in [1.807, 2.05) is 0 Å². The van der Waals surface area contributed by atoms with Crippen LogP contribution in [0.1, 0.15) is 39.2 Å². The molecule has 2 heterocycles. The minimum atomic E-state index is 0.892. The van der Waals surface area contributed by atoms with Crippen molar-refractivity contribution in [1.29, 1.82) is 0 Å². The molecule has 0 aliphatic heterocycles. The van der Waals surface area contributed by atoms with Gasteiger partial charge in [-0.25, -0.2) is 4.57 Å². The molecular weight excluding hydrogens is 414 g/mol. The van der Waals surface area contributed by atoms with Gasteiger partial charge in [0.2, 0.25) is 0 Å². The lowest BCUT2D eigenvalue weighted by Crippen LogP contribution is -2.30. The maximum Gasteiger partial charge on any atom is 0.295 e. The Bertz CT molecular complexity index is 1610. The molecule has 0 fully saturated rings. The van der Waals surface area contributed by atoms with E-state index in [1.54, 1.807) is 0 Å². The van der Waals surface area contributed by atoms with Gasteiger partial charge in [-0.15, -0.1) is 0 Å². The maximum absolute atomic E-state index is 4.85. The van der Waals surface area contributed by atoms with E-state index in [2.05, 4.69) is 111 Å². The second-order valence-corrected chi connectivity index (χ2v) is 9.90. The Labute approximate surface area is 201 Å². The van der Waals surface area contributed by atoms with Crippen LogP contribution in [0.3, 0.4) is 0 Å². The lowest BCUT2D eigenvalue weighted by atomic mass is 10.0. The van der Waals surface area contributed by atoms with E-state index in [1.165, 1.54) is 72.7 Å². The van der Waals surface area contributed by atoms with Gasteiger partial charge in [-0.3, -0.25) is 4.98 Å². The molecule has 168 valence electrons. The number of fused-ring (bicyclic) bond motifs is 4. The van der Waals surface area contributed by atoms with Gasteiger partial charge in [0.1, 0.15) is 5.69 Å². The van der Waals surface area contributed by atoms with E-state index in [0.29, 0.717) is 0 Å². The normalized spacial score (nSPS) is 12.3. The van der Waals surface area contributed by atoms with Crippen molar-refractivity contribution in [2.45, 2.75) is 41.0 Å². The number of aromatic nitrogens is 3. The number of pyridine rings is 1. The van der Waals surface area contributed by atoms with Crippen molar-refractivity contribution in [3.05, 3.63) is 99.9 Å². The van der Waals surface area contributed by atoms with Crippen LogP contribution in [0.25, 0.3) is 39.2 Å². The van der Waals surface area contributed by atoms with Crippen molar-refractivity contribution in [2.75, 3.05) is 0 Å². The highest BCUT2D eigenvalue weighted by Gasteiger charge is 2.32. The molecule has 0 atom stereocenters. The average Bonchev–Trinajstić information content (AvgIpc) is 3.26. The fraction of sp³-hybridized carbons (Fsp3) is 0.226. The van der Waals surface area contributed by atoms with Gasteiger partial charge >= 0.3 is 0 Å². The lowest BCUT2D eigenvalue weighted by Gasteiger charge is -2.12. The van der Waals surface area contributed by atoms with Crippen LogP contribution in [0.15, 0.2) is 60.7 Å². The van der Waals surface area contributed by atoms with E-state index < -0.39 is 0 Å². The number of hydrogen-bond acceptors (Lipinski definition) is 1. The monoisotopic (exact) mass is 444 g/mol. The summed E-state index contributed by atoms with van der Waals surface area (Å²) in [4.78, 5) is 4.85. The number of rotatable bonds is 2. The Hall–Kier alpha value is -3.72. The summed E-state index contributed by atoms with van der Waals surface area (Å²) in [5.41, 5.74) is 16.4. The Morgan fingerprint density at radius 3 is 2.24 bits per heavy atom. The molecule has 2 aromatic heterocycles. The predicted octanol–water partition coefficient (Wildman–Crippen LogP) is 6.63. The van der Waals surface area contributed by atoms with Crippen LogP contribution in [0.2, 0.25) is 0 Å². The number of nitrogens with zero attached hydrogens (tertiary/aromatic N) is 3. The molecule has 34 heavy (non-hydrogen) atoms. The average molecular weight is 445 g/mol. The summed E-state index contributed by atoms with van der Waals surface area (Å²) < 4.78 is 4.86. The van der Waals surface area contributed by atoms with E-state index in [0.717, 1.165) is 12.1 Å². The summed E-state index contributed by atoms with van der Waals surface area (Å²) in [5.74, 6) is 1.22. The molecule has 0 saturated heterocycles. The standard InChI is InChI=1S/C31H30N3/c1-18-13-20(3)30(21(4)14-18)34-29-16-23-15-27-25(12-11-22(5)32-27)26(23)17-28(29)33(6)31(34)24-10-8-7-9-19(24)2/h7-14,16-17H,15H2,1-6H3/q+1. The molecule has 3 heteroatoms. The topological polar surface area (TPSA) is 21.7 Å². The molecule has 0 unspecified atom stereocenters. The van der Waals surface area contributed by atoms with E-state index in [9.17, 15) is 0 Å². The fourth-order valence-electron chi connectivity index (χ4n) is 5.89. The van der Waals surface area contributed by atoms with E-state index >= 15 is 0 Å². The third-order valence-corrected chi connectivity index (χ3v) is 7.34. The van der Waals surface area contributed by atoms with Gasteiger partial charge in [0, 0.05) is 17.7 Å². The third kappa shape index (κ3) is 2.96. The summed E-state index contributed by atoms with van der Waals surface area (Å²) in [6.07, 6.45) is 0.892. The first-order valence-electron chi connectivity index (χ1n) is 12.0. The van der Waals surface area contributed by atoms with Crippen LogP contribution in [-0.2, 0) is 13.5 Å². The molecule has 1 aliphatic carbocycles. The number of hydrogen-bond donors (Lipinski definition) is 0. The summed E-state index contributed by atoms with van der Waals surface area (Å²) in [6, 6.07) is 22.5. The number of aryl methyl sites for hydroxylation is 6. The second-order valence-electron chi connectivity index (χ2n) is 9.90. The molecule has 3 aromatic carbocycles. The lowest BCUT2D eigenvalue weighted by molar-refractivity contribution is -0.633. The van der Waals surface area contributed by atoms with Gasteiger partial charge in [0.05, 0.1) is 18.3 Å². The van der Waals surface area contributed by atoms with E-state index in [4.69, 9.17) is 4.98 Å². The molecule has 0 radical (unpaired) electrons. The molecule has 3 nitrogen and oxygen atoms in total.